The van der Waals surface area contributed by atoms with Gasteiger partial charge in [0.25, 0.3) is 11.5 Å². The number of anilines is 2. The maximum absolute atomic E-state index is 13.4. The van der Waals surface area contributed by atoms with Gasteiger partial charge in [-0.2, -0.15) is 5.10 Å². The third-order valence-electron chi connectivity index (χ3n) is 8.96. The van der Waals surface area contributed by atoms with E-state index in [1.54, 1.807) is 49.1 Å². The minimum absolute atomic E-state index is 0.126. The van der Waals surface area contributed by atoms with Gasteiger partial charge in [0.2, 0.25) is 11.8 Å². The summed E-state index contributed by atoms with van der Waals surface area (Å²) in [7, 11) is 0. The minimum atomic E-state index is -1.01. The van der Waals surface area contributed by atoms with Crippen LogP contribution in [-0.4, -0.2) is 50.1 Å². The Kier molecular flexibility index (Phi) is 7.49. The molecule has 0 bridgehead atoms. The first kappa shape index (κ1) is 30.4. The lowest BCUT2D eigenvalue weighted by Gasteiger charge is -2.38. The average Bonchev–Trinajstić information content (AvgIpc) is 3.55. The summed E-state index contributed by atoms with van der Waals surface area (Å²) in [5, 5.41) is 11.7. The third-order valence-corrected chi connectivity index (χ3v) is 8.96. The first-order valence-corrected chi connectivity index (χ1v) is 15.5. The van der Waals surface area contributed by atoms with Gasteiger partial charge in [0.15, 0.2) is 5.69 Å². The number of nitrogens with one attached hydrogen (secondary N) is 2. The summed E-state index contributed by atoms with van der Waals surface area (Å²) in [6.07, 6.45) is 5.22. The molecule has 1 atom stereocenters. The number of fused-ring (bicyclic) bond motifs is 2. The molecule has 0 spiro atoms. The van der Waals surface area contributed by atoms with Crippen molar-refractivity contribution in [2.45, 2.75) is 38.3 Å². The summed E-state index contributed by atoms with van der Waals surface area (Å²) in [5.74, 6) is 5.53. The molecule has 238 valence electrons. The predicted octanol–water partition coefficient (Wildman–Crippen LogP) is 4.14. The zero-order valence-electron chi connectivity index (χ0n) is 26.2. The number of aromatic nitrogens is 4. The van der Waals surface area contributed by atoms with E-state index in [4.69, 9.17) is 6.57 Å². The lowest BCUT2D eigenvalue weighted by atomic mass is 9.99. The number of rotatable bonds is 5. The lowest BCUT2D eigenvalue weighted by molar-refractivity contribution is -0.135. The van der Waals surface area contributed by atoms with Gasteiger partial charge in [-0.3, -0.25) is 33.7 Å². The minimum Gasteiger partial charge on any atom is -0.369 e. The van der Waals surface area contributed by atoms with E-state index in [2.05, 4.69) is 42.3 Å². The summed E-state index contributed by atoms with van der Waals surface area (Å²) in [4.78, 5) is 60.5. The molecule has 2 aliphatic rings. The molecule has 0 aliphatic carbocycles. The fourth-order valence-electron chi connectivity index (χ4n) is 6.02. The Morgan fingerprint density at radius 3 is 2.62 bits per heavy atom. The van der Waals surface area contributed by atoms with Gasteiger partial charge >= 0.3 is 0 Å². The van der Waals surface area contributed by atoms with Crippen molar-refractivity contribution in [2.24, 2.45) is 5.92 Å². The van der Waals surface area contributed by atoms with Crippen molar-refractivity contribution in [1.82, 2.24) is 24.6 Å². The monoisotopic (exact) mass is 638 g/mol. The van der Waals surface area contributed by atoms with E-state index in [0.29, 0.717) is 40.9 Å². The SMILES string of the molecule is [C-]#[N+]c1ccc(NC(=O)C(C)(C)n2cc(C#CC3CN(c4ccc5c(=O)n(C6CCC(=O)NC6=O)cnc5c4)C3)cn2)c2ccccc12. The number of piperidine rings is 1. The van der Waals surface area contributed by atoms with Crippen LogP contribution in [0.15, 0.2) is 78.1 Å². The predicted molar refractivity (Wildman–Crippen MR) is 180 cm³/mol. The van der Waals surface area contributed by atoms with E-state index in [1.165, 1.54) is 10.9 Å². The normalized spacial score (nSPS) is 16.5. The van der Waals surface area contributed by atoms with Crippen LogP contribution in [0.4, 0.5) is 17.1 Å². The van der Waals surface area contributed by atoms with Crippen molar-refractivity contribution in [2.75, 3.05) is 23.3 Å². The fourth-order valence-corrected chi connectivity index (χ4v) is 6.02. The molecule has 12 heteroatoms. The summed E-state index contributed by atoms with van der Waals surface area (Å²) in [6, 6.07) is 15.6. The van der Waals surface area contributed by atoms with Crippen molar-refractivity contribution < 1.29 is 14.4 Å². The number of imide groups is 1. The van der Waals surface area contributed by atoms with Gasteiger partial charge in [-0.05, 0) is 55.3 Å². The molecule has 3 aromatic carbocycles. The van der Waals surface area contributed by atoms with Crippen molar-refractivity contribution in [1.29, 1.82) is 0 Å². The molecular formula is C36H30N8O4. The van der Waals surface area contributed by atoms with Crippen LogP contribution in [0.5, 0.6) is 0 Å². The molecule has 1 unspecified atom stereocenters. The molecule has 5 aromatic rings. The first-order valence-electron chi connectivity index (χ1n) is 15.5. The van der Waals surface area contributed by atoms with Gasteiger partial charge < -0.3 is 10.2 Å². The highest BCUT2D eigenvalue weighted by atomic mass is 16.2. The third kappa shape index (κ3) is 5.43. The number of benzene rings is 3. The highest BCUT2D eigenvalue weighted by molar-refractivity contribution is 6.08. The highest BCUT2D eigenvalue weighted by Gasteiger charge is 2.32. The van der Waals surface area contributed by atoms with Gasteiger partial charge in [-0.1, -0.05) is 42.2 Å². The first-order chi connectivity index (χ1) is 23.1. The van der Waals surface area contributed by atoms with Crippen LogP contribution in [0, 0.1) is 24.3 Å². The van der Waals surface area contributed by atoms with Crippen LogP contribution in [0.3, 0.4) is 0 Å². The van der Waals surface area contributed by atoms with Gasteiger partial charge in [0.05, 0.1) is 41.5 Å². The molecule has 2 saturated heterocycles. The molecule has 2 N–H and O–H groups in total. The van der Waals surface area contributed by atoms with Gasteiger partial charge in [-0.15, -0.1) is 0 Å². The van der Waals surface area contributed by atoms with E-state index in [9.17, 15) is 19.2 Å². The highest BCUT2D eigenvalue weighted by Crippen LogP contribution is 2.33. The summed E-state index contributed by atoms with van der Waals surface area (Å²) in [5.41, 5.74) is 1.97. The smallest absolute Gasteiger partial charge is 0.261 e. The number of hydrogen-bond donors (Lipinski definition) is 2. The number of carbonyl (C=O) groups is 3. The summed E-state index contributed by atoms with van der Waals surface area (Å²) >= 11 is 0. The number of carbonyl (C=O) groups excluding carboxylic acids is 3. The Morgan fingerprint density at radius 2 is 1.85 bits per heavy atom. The number of nitrogens with zero attached hydrogens (tertiary/aromatic N) is 6. The van der Waals surface area contributed by atoms with E-state index in [-0.39, 0.29) is 36.1 Å². The molecular weight excluding hydrogens is 608 g/mol. The standard InChI is InChI=1S/C36H30N8O4/c1-36(2,35(48)40-29-13-12-28(37-3)25-6-4-5-7-26(25)29)44-20-22(17-39-44)8-9-23-18-42(19-23)24-10-11-27-30(16-24)38-21-43(34(27)47)31-14-15-32(45)41-33(31)46/h4-7,10-13,16-17,20-21,23,31H,14-15,18-19H2,1-2H3,(H,40,48)(H,41,45,46). The largest absolute Gasteiger partial charge is 0.369 e. The average molecular weight is 639 g/mol. The second kappa shape index (κ2) is 11.8. The molecule has 2 aromatic heterocycles. The Hall–Kier alpha value is -6.27. The fraction of sp³-hybridized carbons (Fsp3) is 0.250. The van der Waals surface area contributed by atoms with E-state index in [1.807, 2.05) is 36.4 Å². The Labute approximate surface area is 275 Å². The Bertz CT molecular complexity index is 2310. The molecule has 48 heavy (non-hydrogen) atoms. The Morgan fingerprint density at radius 1 is 1.06 bits per heavy atom. The molecule has 0 saturated carbocycles. The van der Waals surface area contributed by atoms with Crippen molar-refractivity contribution in [3.63, 3.8) is 0 Å². The second-order valence-corrected chi connectivity index (χ2v) is 12.5. The van der Waals surface area contributed by atoms with E-state index < -0.39 is 17.5 Å². The van der Waals surface area contributed by atoms with Crippen molar-refractivity contribution in [3.05, 3.63) is 101 Å². The topological polar surface area (TPSA) is 136 Å². The summed E-state index contributed by atoms with van der Waals surface area (Å²) in [6.45, 7) is 12.4. The molecule has 0 radical (unpaired) electrons. The van der Waals surface area contributed by atoms with Gasteiger partial charge in [0.1, 0.15) is 11.6 Å². The molecule has 4 heterocycles. The molecule has 2 aliphatic heterocycles. The molecule has 12 nitrogen and oxygen atoms in total. The molecule has 2 fully saturated rings. The van der Waals surface area contributed by atoms with E-state index in [0.717, 1.165) is 16.5 Å². The van der Waals surface area contributed by atoms with Gasteiger partial charge in [0, 0.05) is 37.1 Å². The quantitative estimate of drug-likeness (QED) is 0.168. The zero-order valence-corrected chi connectivity index (χ0v) is 26.2. The van der Waals surface area contributed by atoms with Crippen molar-refractivity contribution >= 4 is 56.5 Å². The Balaban J connectivity index is 0.995. The summed E-state index contributed by atoms with van der Waals surface area (Å²) < 4.78 is 2.90. The van der Waals surface area contributed by atoms with Crippen LogP contribution >= 0.6 is 0 Å². The van der Waals surface area contributed by atoms with Gasteiger partial charge in [-0.25, -0.2) is 9.83 Å². The van der Waals surface area contributed by atoms with Crippen LogP contribution in [-0.2, 0) is 19.9 Å². The van der Waals surface area contributed by atoms with Crippen LogP contribution in [0.2, 0.25) is 0 Å². The zero-order chi connectivity index (χ0) is 33.6. The van der Waals surface area contributed by atoms with Crippen LogP contribution < -0.4 is 21.1 Å². The van der Waals surface area contributed by atoms with Crippen LogP contribution in [0.25, 0.3) is 26.5 Å². The number of hydrogen-bond acceptors (Lipinski definition) is 7. The maximum atomic E-state index is 13.4. The van der Waals surface area contributed by atoms with Crippen LogP contribution in [0.1, 0.15) is 38.3 Å². The maximum Gasteiger partial charge on any atom is 0.261 e. The number of amides is 3. The lowest BCUT2D eigenvalue weighted by Crippen LogP contribution is -2.46. The molecule has 7 rings (SSSR count). The van der Waals surface area contributed by atoms with E-state index >= 15 is 0 Å². The second-order valence-electron chi connectivity index (χ2n) is 12.5. The molecule has 3 amide bonds. The van der Waals surface area contributed by atoms with Crippen molar-refractivity contribution in [3.8, 4) is 11.8 Å².